The first-order chi connectivity index (χ1) is 50.2. The molecule has 35 heteroatoms. The Balaban J connectivity index is 1.17. The minimum absolute atomic E-state index is 0.0248. The lowest BCUT2D eigenvalue weighted by atomic mass is 9.98. The van der Waals surface area contributed by atoms with Crippen LogP contribution in [-0.4, -0.2) is 207 Å². The summed E-state index contributed by atoms with van der Waals surface area (Å²) in [4.78, 5) is 194. The number of nitrogens with one attached hydrogen (secondary N) is 11. The van der Waals surface area contributed by atoms with Gasteiger partial charge >= 0.3 is 29.5 Å². The molecule has 0 radical (unpaired) electrons. The van der Waals surface area contributed by atoms with Crippen LogP contribution in [0.4, 0.5) is 0 Å². The number of carboxylic acid groups (broad SMARTS) is 3. The maximum absolute atomic E-state index is 14.5. The van der Waals surface area contributed by atoms with Gasteiger partial charge in [-0.05, 0) is 73.1 Å². The zero-order chi connectivity index (χ0) is 78.0. The Morgan fingerprint density at radius 1 is 0.519 bits per heavy atom. The van der Waals surface area contributed by atoms with Gasteiger partial charge in [0, 0.05) is 38.3 Å². The van der Waals surface area contributed by atoms with Crippen LogP contribution >= 0.6 is 0 Å². The lowest BCUT2D eigenvalue weighted by Gasteiger charge is -2.31. The number of rotatable bonds is 40. The number of nitrogens with two attached hydrogens (primary N) is 1. The molecule has 11 atom stereocenters. The molecule has 6 aromatic rings. The lowest BCUT2D eigenvalue weighted by Crippen LogP contribution is -2.73. The molecule has 0 unspecified atom stereocenters. The van der Waals surface area contributed by atoms with Crippen molar-refractivity contribution in [1.29, 1.82) is 0 Å². The van der Waals surface area contributed by atoms with E-state index in [0.29, 0.717) is 23.7 Å². The van der Waals surface area contributed by atoms with E-state index >= 15 is 0 Å². The predicted octanol–water partition coefficient (Wildman–Crippen LogP) is -1.99. The van der Waals surface area contributed by atoms with Crippen LogP contribution in [-0.2, 0) is 88.0 Å². The van der Waals surface area contributed by atoms with Crippen LogP contribution in [0.3, 0.4) is 0 Å². The zero-order valence-corrected chi connectivity index (χ0v) is 57.9. The molecule has 6 rings (SSSR count). The minimum atomic E-state index is -3.77. The van der Waals surface area contributed by atoms with Crippen molar-refractivity contribution >= 4 is 77.0 Å². The second-order valence-corrected chi connectivity index (χ2v) is 25.2. The molecular formula is C71H84N14O21. The minimum Gasteiger partial charge on any atom is -0.481 e. The van der Waals surface area contributed by atoms with E-state index in [4.69, 9.17) is 5.73 Å². The van der Waals surface area contributed by atoms with Gasteiger partial charge in [0.05, 0.1) is 48.7 Å². The molecule has 0 saturated carbocycles. The van der Waals surface area contributed by atoms with Crippen LogP contribution in [0.25, 0.3) is 22.3 Å². The Bertz CT molecular complexity index is 4080. The number of imidazole rings is 1. The Labute approximate surface area is 605 Å². The largest absolute Gasteiger partial charge is 0.481 e. The molecule has 0 aliphatic rings. The number of aliphatic hydroxyl groups is 3. The van der Waals surface area contributed by atoms with Crippen molar-refractivity contribution in [2.45, 2.75) is 144 Å². The molecule has 0 spiro atoms. The summed E-state index contributed by atoms with van der Waals surface area (Å²) in [6.45, 7) is 1.69. The zero-order valence-electron chi connectivity index (χ0n) is 57.9. The number of amides is 10. The fourth-order valence-corrected chi connectivity index (χ4v) is 10.7. The van der Waals surface area contributed by atoms with E-state index in [-0.39, 0.29) is 24.8 Å². The number of H-pyrrole nitrogens is 1. The second-order valence-electron chi connectivity index (χ2n) is 25.2. The van der Waals surface area contributed by atoms with Crippen molar-refractivity contribution in [1.82, 2.24) is 63.1 Å². The third-order valence-electron chi connectivity index (χ3n) is 16.6. The number of aromatic amines is 1. The normalized spacial score (nSPS) is 14.6. The first kappa shape index (κ1) is 82.6. The van der Waals surface area contributed by atoms with E-state index in [1.54, 1.807) is 59.9 Å². The molecule has 10 amide bonds. The van der Waals surface area contributed by atoms with E-state index in [1.165, 1.54) is 50.6 Å². The van der Waals surface area contributed by atoms with E-state index < -0.39 is 192 Å². The second kappa shape index (κ2) is 38.8. The fourth-order valence-electron chi connectivity index (χ4n) is 10.7. The average molecular weight is 1470 g/mol. The number of carbonyl (C=O) groups is 13. The number of hydrogen-bond acceptors (Lipinski definition) is 20. The molecule has 0 aliphatic heterocycles. The highest BCUT2D eigenvalue weighted by atomic mass is 16.6. The van der Waals surface area contributed by atoms with Crippen LogP contribution < -0.4 is 58.9 Å². The number of aliphatic hydroxyl groups excluding tert-OH is 3. The molecule has 5 aromatic carbocycles. The summed E-state index contributed by atoms with van der Waals surface area (Å²) < 4.78 is 0. The van der Waals surface area contributed by atoms with E-state index in [9.17, 15) is 103 Å². The molecule has 564 valence electrons. The predicted molar refractivity (Wildman–Crippen MR) is 375 cm³/mol. The van der Waals surface area contributed by atoms with Gasteiger partial charge in [-0.1, -0.05) is 140 Å². The molecule has 106 heavy (non-hydrogen) atoms. The van der Waals surface area contributed by atoms with Crippen LogP contribution in [0.15, 0.2) is 152 Å². The number of carboxylic acids is 3. The van der Waals surface area contributed by atoms with Gasteiger partial charge in [0.25, 0.3) is 0 Å². The van der Waals surface area contributed by atoms with Gasteiger partial charge in [0.1, 0.15) is 47.8 Å². The summed E-state index contributed by atoms with van der Waals surface area (Å²) in [5.74, 6) is -17.8. The maximum atomic E-state index is 14.5. The molecule has 19 N–H and O–H groups in total. The third-order valence-corrected chi connectivity index (χ3v) is 16.6. The van der Waals surface area contributed by atoms with Gasteiger partial charge in [0.15, 0.2) is 6.10 Å². The van der Waals surface area contributed by atoms with Gasteiger partial charge < -0.3 is 89.2 Å². The summed E-state index contributed by atoms with van der Waals surface area (Å²) in [6, 6.07) is 24.4. The van der Waals surface area contributed by atoms with Gasteiger partial charge in [-0.3, -0.25) is 73.0 Å². The first-order valence-corrected chi connectivity index (χ1v) is 33.1. The SMILES string of the molecule is C[C@@H](O)[C@H](NC(=O)CNC(=O)[C@H](CCC(=O)O)NC(=O)C(C)(C)NC(=O)[C@@H](N)Cc1c[nH]cn1)C(=O)N[C@@H](Cc1ccccc1)C(=O)N[C@](C(=O)N[C@@H](CO)C(=O)N[C@@H](CC(=O)O)C(=O)N[C@@H](Cc1ccc(-c2ccccc2)cc1)C(=O)N[C@@H](Cc1ccc(-c2ccccc2)cc1)C(=O)O)([C@@H](C)O)[N+](=O)[O-]. The summed E-state index contributed by atoms with van der Waals surface area (Å²) in [6.07, 6.45) is -5.30. The maximum Gasteiger partial charge on any atom is 0.399 e. The van der Waals surface area contributed by atoms with Gasteiger partial charge in [-0.25, -0.2) is 9.78 Å². The van der Waals surface area contributed by atoms with Crippen molar-refractivity contribution < 1.29 is 97.9 Å². The molecule has 0 aliphatic carbocycles. The summed E-state index contributed by atoms with van der Waals surface area (Å²) in [5, 5.41) is 97.3. The number of nitrogens with zero attached hydrogens (tertiary/aromatic N) is 2. The highest BCUT2D eigenvalue weighted by Gasteiger charge is 2.59. The topological polar surface area (TPSA) is 561 Å². The van der Waals surface area contributed by atoms with E-state index in [0.717, 1.165) is 29.2 Å². The van der Waals surface area contributed by atoms with Crippen LogP contribution in [0, 0.1) is 10.1 Å². The Morgan fingerprint density at radius 3 is 1.46 bits per heavy atom. The number of hydrogen-bond donors (Lipinski definition) is 18. The van der Waals surface area contributed by atoms with E-state index in [2.05, 4.69) is 47.2 Å². The fraction of sp³-hybridized carbons (Fsp3) is 0.352. The van der Waals surface area contributed by atoms with Crippen molar-refractivity contribution in [2.24, 2.45) is 5.73 Å². The molecule has 0 bridgehead atoms. The van der Waals surface area contributed by atoms with Crippen LogP contribution in [0.2, 0.25) is 0 Å². The van der Waals surface area contributed by atoms with E-state index in [1.807, 2.05) is 71.3 Å². The van der Waals surface area contributed by atoms with Gasteiger partial charge in [-0.2, -0.15) is 0 Å². The van der Waals surface area contributed by atoms with Crippen molar-refractivity contribution in [3.8, 4) is 22.3 Å². The van der Waals surface area contributed by atoms with Crippen LogP contribution in [0.1, 0.15) is 69.3 Å². The summed E-state index contributed by atoms with van der Waals surface area (Å²) >= 11 is 0. The van der Waals surface area contributed by atoms with Crippen LogP contribution in [0.5, 0.6) is 0 Å². The van der Waals surface area contributed by atoms with Crippen molar-refractivity contribution in [2.75, 3.05) is 13.2 Å². The lowest BCUT2D eigenvalue weighted by molar-refractivity contribution is -0.569. The number of aromatic nitrogens is 2. The number of benzene rings is 5. The number of aliphatic carboxylic acids is 3. The highest BCUT2D eigenvalue weighted by molar-refractivity contribution is 6.00. The molecule has 0 saturated heterocycles. The average Bonchev–Trinajstić information content (AvgIpc) is 0.803. The molecule has 1 heterocycles. The standard InChI is InChI=1S/C71H84N14O21/c1-39(87)59(82-56(89)36-74-61(95)50(28-29-57(90)91)80-68(103)70(3,4)83-60(94)49(72)33-48-35-73-38-75-48)66(100)78-52(30-41-14-8-5-9-15-41)65(99)84-71(40(2)88,85(105)106)69(104)81-55(37-86)64(98)77-53(34-58(92)93)63(97)76-51(31-42-20-24-46(25-21-42)44-16-10-6-11-17-44)62(96)79-54(67(101)102)32-43-22-26-47(27-23-43)45-18-12-7-13-19-45/h5-27,35,38-40,49-55,59,86-88H,28-34,36-37,72H2,1-4H3,(H,73,75)(H,74,95)(H,76,97)(H,77,98)(H,78,100)(H,79,96)(H,80,103)(H,81,104)(H,82,89)(H,83,94)(H,84,99)(H,90,91)(H,92,93)(H,101,102)/t39-,40-,49+,50+,51+,52+,53+,54+,55+,59+,71-/m1/s1. The Hall–Kier alpha value is -12.3. The summed E-state index contributed by atoms with van der Waals surface area (Å²) in [5.41, 5.74) is 5.30. The quantitative estimate of drug-likeness (QED) is 0.0113. The van der Waals surface area contributed by atoms with Crippen molar-refractivity contribution in [3.05, 3.63) is 185 Å². The Kier molecular flexibility index (Phi) is 30.2. The number of carbonyl (C=O) groups excluding carboxylic acids is 10. The monoisotopic (exact) mass is 1470 g/mol. The molecule has 35 nitrogen and oxygen atoms in total. The smallest absolute Gasteiger partial charge is 0.399 e. The first-order valence-electron chi connectivity index (χ1n) is 33.1. The third kappa shape index (κ3) is 24.1. The molecular weight excluding hydrogens is 1380 g/mol. The Morgan fingerprint density at radius 2 is 0.981 bits per heavy atom. The van der Waals surface area contributed by atoms with Crippen molar-refractivity contribution in [3.63, 3.8) is 0 Å². The van der Waals surface area contributed by atoms with Gasteiger partial charge in [-0.15, -0.1) is 0 Å². The number of nitro groups is 1. The van der Waals surface area contributed by atoms with Gasteiger partial charge in [0.2, 0.25) is 53.2 Å². The molecule has 1 aromatic heterocycles. The summed E-state index contributed by atoms with van der Waals surface area (Å²) in [7, 11) is 0. The highest BCUT2D eigenvalue weighted by Crippen LogP contribution is 2.23. The molecule has 0 fully saturated rings.